The van der Waals surface area contributed by atoms with Crippen molar-refractivity contribution in [1.29, 1.82) is 0 Å². The molecular formula is C28H27N3O3. The highest BCUT2D eigenvalue weighted by atomic mass is 16.4. The van der Waals surface area contributed by atoms with Gasteiger partial charge in [-0.05, 0) is 60.2 Å². The first-order valence-corrected chi connectivity index (χ1v) is 11.3. The molecule has 34 heavy (non-hydrogen) atoms. The van der Waals surface area contributed by atoms with Crippen molar-refractivity contribution in [3.63, 3.8) is 0 Å². The molecule has 1 amide bonds. The van der Waals surface area contributed by atoms with Crippen molar-refractivity contribution in [1.82, 2.24) is 10.3 Å². The summed E-state index contributed by atoms with van der Waals surface area (Å²) in [5, 5.41) is 13.0. The monoisotopic (exact) mass is 453 g/mol. The van der Waals surface area contributed by atoms with Crippen molar-refractivity contribution in [3.05, 3.63) is 102 Å². The lowest BCUT2D eigenvalue weighted by molar-refractivity contribution is -0.138. The van der Waals surface area contributed by atoms with E-state index in [0.29, 0.717) is 12.1 Å². The van der Waals surface area contributed by atoms with Crippen molar-refractivity contribution in [2.45, 2.75) is 25.3 Å². The molecule has 4 N–H and O–H groups in total. The summed E-state index contributed by atoms with van der Waals surface area (Å²) in [6, 6.07) is 24.4. The van der Waals surface area contributed by atoms with Crippen LogP contribution < -0.4 is 11.1 Å². The Bertz CT molecular complexity index is 1300. The Morgan fingerprint density at radius 2 is 1.71 bits per heavy atom. The molecule has 4 rings (SSSR count). The number of nitrogens with two attached hydrogens (primary N) is 1. The summed E-state index contributed by atoms with van der Waals surface area (Å²) >= 11 is 0. The SMILES string of the molecule is NC(Cc1ccc(C(=O)NCCCc2ccccc2-c2cnc3ccccc3c2)cc1)C(=O)O. The molecule has 6 nitrogen and oxygen atoms in total. The predicted molar refractivity (Wildman–Crippen MR) is 134 cm³/mol. The molecule has 0 saturated heterocycles. The lowest BCUT2D eigenvalue weighted by Gasteiger charge is -2.11. The van der Waals surface area contributed by atoms with Gasteiger partial charge < -0.3 is 16.2 Å². The summed E-state index contributed by atoms with van der Waals surface area (Å²) in [5.74, 6) is -1.19. The topological polar surface area (TPSA) is 105 Å². The van der Waals surface area contributed by atoms with Crippen LogP contribution in [-0.2, 0) is 17.6 Å². The number of hydrogen-bond donors (Lipinski definition) is 3. The zero-order chi connectivity index (χ0) is 23.9. The van der Waals surface area contributed by atoms with Crippen molar-refractivity contribution in [2.75, 3.05) is 6.54 Å². The number of carbonyl (C=O) groups is 2. The lowest BCUT2D eigenvalue weighted by atomic mass is 9.97. The smallest absolute Gasteiger partial charge is 0.320 e. The first-order valence-electron chi connectivity index (χ1n) is 11.3. The van der Waals surface area contributed by atoms with E-state index in [1.807, 2.05) is 36.5 Å². The molecule has 0 radical (unpaired) electrons. The van der Waals surface area contributed by atoms with E-state index < -0.39 is 12.0 Å². The van der Waals surface area contributed by atoms with Crippen LogP contribution in [0.2, 0.25) is 0 Å². The Balaban J connectivity index is 1.33. The fourth-order valence-electron chi connectivity index (χ4n) is 3.95. The van der Waals surface area contributed by atoms with E-state index in [1.165, 1.54) is 5.56 Å². The molecule has 6 heteroatoms. The molecule has 0 aliphatic carbocycles. The van der Waals surface area contributed by atoms with E-state index in [-0.39, 0.29) is 12.3 Å². The normalized spacial score (nSPS) is 11.8. The zero-order valence-corrected chi connectivity index (χ0v) is 18.8. The van der Waals surface area contributed by atoms with Crippen molar-refractivity contribution in [2.24, 2.45) is 5.73 Å². The fraction of sp³-hybridized carbons (Fsp3) is 0.179. The fourth-order valence-corrected chi connectivity index (χ4v) is 3.95. The first-order chi connectivity index (χ1) is 16.5. The number of benzene rings is 3. The number of nitrogens with one attached hydrogen (secondary N) is 1. The number of fused-ring (bicyclic) bond motifs is 1. The molecule has 1 aromatic heterocycles. The molecule has 1 atom stereocenters. The Morgan fingerprint density at radius 1 is 0.971 bits per heavy atom. The van der Waals surface area contributed by atoms with Gasteiger partial charge in [-0.25, -0.2) is 0 Å². The maximum atomic E-state index is 12.5. The van der Waals surface area contributed by atoms with Crippen LogP contribution in [0.25, 0.3) is 22.0 Å². The minimum absolute atomic E-state index is 0.152. The second-order valence-electron chi connectivity index (χ2n) is 8.28. The number of carbonyl (C=O) groups excluding carboxylic acids is 1. The maximum Gasteiger partial charge on any atom is 0.320 e. The second-order valence-corrected chi connectivity index (χ2v) is 8.28. The predicted octanol–water partition coefficient (Wildman–Crippen LogP) is 4.22. The van der Waals surface area contributed by atoms with Crippen LogP contribution in [0.15, 0.2) is 85.1 Å². The summed E-state index contributed by atoms with van der Waals surface area (Å²) in [5.41, 5.74) is 11.3. The number of carboxylic acid groups (broad SMARTS) is 1. The maximum absolute atomic E-state index is 12.5. The third kappa shape index (κ3) is 5.66. The largest absolute Gasteiger partial charge is 0.480 e. The third-order valence-corrected chi connectivity index (χ3v) is 5.82. The number of pyridine rings is 1. The number of carboxylic acids is 1. The van der Waals surface area contributed by atoms with Crippen LogP contribution in [-0.4, -0.2) is 34.6 Å². The van der Waals surface area contributed by atoms with Gasteiger partial charge in [0.2, 0.25) is 0 Å². The molecule has 1 unspecified atom stereocenters. The Morgan fingerprint density at radius 3 is 2.50 bits per heavy atom. The second kappa shape index (κ2) is 10.7. The Hall–Kier alpha value is -4.03. The molecule has 3 aromatic carbocycles. The number of aryl methyl sites for hydroxylation is 1. The van der Waals surface area contributed by atoms with Crippen LogP contribution >= 0.6 is 0 Å². The standard InChI is InChI=1S/C28H27N3O3/c29-25(28(33)34)16-19-11-13-21(14-12-19)27(32)30-15-5-8-20-6-1-3-9-24(20)23-17-22-7-2-4-10-26(22)31-18-23/h1-4,6-7,9-14,17-18,25H,5,8,15-16,29H2,(H,30,32)(H,33,34). The average Bonchev–Trinajstić information content (AvgIpc) is 2.86. The van der Waals surface area contributed by atoms with E-state index in [1.54, 1.807) is 24.3 Å². The summed E-state index contributed by atoms with van der Waals surface area (Å²) in [4.78, 5) is 28.0. The van der Waals surface area contributed by atoms with E-state index in [4.69, 9.17) is 10.8 Å². The molecule has 0 fully saturated rings. The summed E-state index contributed by atoms with van der Waals surface area (Å²) in [7, 11) is 0. The number of nitrogens with zero attached hydrogens (tertiary/aromatic N) is 1. The van der Waals surface area contributed by atoms with E-state index in [0.717, 1.165) is 40.4 Å². The van der Waals surface area contributed by atoms with Gasteiger partial charge in [0.05, 0.1) is 5.52 Å². The van der Waals surface area contributed by atoms with Gasteiger partial charge in [0.1, 0.15) is 6.04 Å². The molecule has 0 aliphatic rings. The summed E-state index contributed by atoms with van der Waals surface area (Å²) < 4.78 is 0. The molecule has 172 valence electrons. The lowest BCUT2D eigenvalue weighted by Crippen LogP contribution is -2.32. The van der Waals surface area contributed by atoms with E-state index in [2.05, 4.69) is 34.6 Å². The van der Waals surface area contributed by atoms with Gasteiger partial charge in [0.15, 0.2) is 0 Å². The highest BCUT2D eigenvalue weighted by molar-refractivity contribution is 5.94. The van der Waals surface area contributed by atoms with Crippen molar-refractivity contribution >= 4 is 22.8 Å². The highest BCUT2D eigenvalue weighted by Gasteiger charge is 2.13. The number of aliphatic carboxylic acids is 1. The number of hydrogen-bond acceptors (Lipinski definition) is 4. The van der Waals surface area contributed by atoms with Gasteiger partial charge in [-0.2, -0.15) is 0 Å². The molecular weight excluding hydrogens is 426 g/mol. The number of amides is 1. The van der Waals surface area contributed by atoms with Crippen LogP contribution in [0, 0.1) is 0 Å². The summed E-state index contributed by atoms with van der Waals surface area (Å²) in [6.45, 7) is 0.550. The third-order valence-electron chi connectivity index (χ3n) is 5.82. The van der Waals surface area contributed by atoms with Crippen LogP contribution in [0.1, 0.15) is 27.9 Å². The van der Waals surface area contributed by atoms with Crippen molar-refractivity contribution < 1.29 is 14.7 Å². The molecule has 0 saturated carbocycles. The summed E-state index contributed by atoms with van der Waals surface area (Å²) in [6.07, 6.45) is 3.77. The van der Waals surface area contributed by atoms with Gasteiger partial charge in [0, 0.05) is 29.3 Å². The minimum Gasteiger partial charge on any atom is -0.480 e. The molecule has 0 spiro atoms. The highest BCUT2D eigenvalue weighted by Crippen LogP contribution is 2.26. The number of aromatic nitrogens is 1. The van der Waals surface area contributed by atoms with Crippen LogP contribution in [0.3, 0.4) is 0 Å². The zero-order valence-electron chi connectivity index (χ0n) is 18.8. The van der Waals surface area contributed by atoms with Gasteiger partial charge >= 0.3 is 5.97 Å². The quantitative estimate of drug-likeness (QED) is 0.329. The molecule has 0 bridgehead atoms. The van der Waals surface area contributed by atoms with Crippen LogP contribution in [0.5, 0.6) is 0 Å². The molecule has 4 aromatic rings. The van der Waals surface area contributed by atoms with E-state index >= 15 is 0 Å². The van der Waals surface area contributed by atoms with Gasteiger partial charge in [-0.15, -0.1) is 0 Å². The average molecular weight is 454 g/mol. The Labute approximate surface area is 198 Å². The van der Waals surface area contributed by atoms with Gasteiger partial charge in [-0.3, -0.25) is 14.6 Å². The molecule has 1 heterocycles. The molecule has 0 aliphatic heterocycles. The van der Waals surface area contributed by atoms with E-state index in [9.17, 15) is 9.59 Å². The minimum atomic E-state index is -1.04. The number of para-hydroxylation sites is 1. The van der Waals surface area contributed by atoms with Crippen molar-refractivity contribution in [3.8, 4) is 11.1 Å². The van der Waals surface area contributed by atoms with Gasteiger partial charge in [0.25, 0.3) is 5.91 Å². The van der Waals surface area contributed by atoms with Gasteiger partial charge in [-0.1, -0.05) is 54.6 Å². The Kier molecular flexibility index (Phi) is 7.30. The van der Waals surface area contributed by atoms with Crippen LogP contribution in [0.4, 0.5) is 0 Å². The first kappa shape index (κ1) is 23.1. The number of rotatable bonds is 9.